The van der Waals surface area contributed by atoms with Gasteiger partial charge in [-0.25, -0.2) is 13.6 Å². The van der Waals surface area contributed by atoms with Gasteiger partial charge in [0.05, 0.1) is 5.56 Å². The highest BCUT2D eigenvalue weighted by atomic mass is 19.4. The zero-order chi connectivity index (χ0) is 28.3. The van der Waals surface area contributed by atoms with E-state index in [0.717, 1.165) is 12.1 Å². The van der Waals surface area contributed by atoms with Crippen molar-refractivity contribution in [3.63, 3.8) is 0 Å². The average molecular weight is 539 g/mol. The molecule has 0 fully saturated rings. The number of amides is 1. The zero-order valence-electron chi connectivity index (χ0n) is 20.7. The van der Waals surface area contributed by atoms with Crippen LogP contribution in [0.5, 0.6) is 11.5 Å². The van der Waals surface area contributed by atoms with Crippen molar-refractivity contribution in [1.82, 2.24) is 5.32 Å². The lowest BCUT2D eigenvalue weighted by Crippen LogP contribution is -2.50. The monoisotopic (exact) mass is 539 g/mol. The molecule has 204 valence electrons. The summed E-state index contributed by atoms with van der Waals surface area (Å²) in [5.41, 5.74) is -0.797. The van der Waals surface area contributed by atoms with Crippen molar-refractivity contribution in [2.75, 3.05) is 0 Å². The third-order valence-electron chi connectivity index (χ3n) is 6.25. The molecule has 3 aromatic carbocycles. The molecule has 0 aliphatic rings. The van der Waals surface area contributed by atoms with Crippen LogP contribution in [0.15, 0.2) is 54.6 Å². The molecular weight excluding hydrogens is 513 g/mol. The van der Waals surface area contributed by atoms with Crippen LogP contribution >= 0.6 is 0 Å². The Balaban J connectivity index is 2.00. The molecule has 11 heteroatoms. The SMILES string of the molecule is CCC(C)(C)[C@H](NC(=O)c1ccc2ccc(C(F)F)cc2c1OCc1ccc(OC(F)(F)F)cc1)C(=O)O. The van der Waals surface area contributed by atoms with E-state index in [4.69, 9.17) is 4.74 Å². The van der Waals surface area contributed by atoms with Crippen molar-refractivity contribution in [2.45, 2.75) is 52.6 Å². The summed E-state index contributed by atoms with van der Waals surface area (Å²) in [5.74, 6) is -2.54. The fourth-order valence-corrected chi connectivity index (χ4v) is 3.73. The Hall–Kier alpha value is -3.89. The minimum Gasteiger partial charge on any atom is -0.487 e. The number of nitrogens with one attached hydrogen (secondary N) is 1. The molecule has 3 aromatic rings. The lowest BCUT2D eigenvalue weighted by atomic mass is 9.81. The normalized spacial score (nSPS) is 12.9. The molecular formula is C27H26F5NO5. The number of aliphatic carboxylic acids is 1. The van der Waals surface area contributed by atoms with Crippen LogP contribution in [0.3, 0.4) is 0 Å². The van der Waals surface area contributed by atoms with Crippen LogP contribution in [0.2, 0.25) is 0 Å². The van der Waals surface area contributed by atoms with Gasteiger partial charge in [-0.1, -0.05) is 51.1 Å². The smallest absolute Gasteiger partial charge is 0.487 e. The van der Waals surface area contributed by atoms with Gasteiger partial charge in [-0.2, -0.15) is 0 Å². The van der Waals surface area contributed by atoms with Gasteiger partial charge in [0.15, 0.2) is 0 Å². The van der Waals surface area contributed by atoms with Crippen LogP contribution in [0.4, 0.5) is 22.0 Å². The Morgan fingerprint density at radius 3 is 2.18 bits per heavy atom. The molecule has 0 aromatic heterocycles. The summed E-state index contributed by atoms with van der Waals surface area (Å²) >= 11 is 0. The van der Waals surface area contributed by atoms with Crippen LogP contribution < -0.4 is 14.8 Å². The van der Waals surface area contributed by atoms with Gasteiger partial charge < -0.3 is 19.9 Å². The lowest BCUT2D eigenvalue weighted by Gasteiger charge is -2.31. The van der Waals surface area contributed by atoms with Gasteiger partial charge in [0.2, 0.25) is 0 Å². The largest absolute Gasteiger partial charge is 0.573 e. The summed E-state index contributed by atoms with van der Waals surface area (Å²) in [6, 6.07) is 10.3. The molecule has 0 saturated carbocycles. The van der Waals surface area contributed by atoms with Crippen molar-refractivity contribution in [3.05, 3.63) is 71.3 Å². The number of ether oxygens (including phenoxy) is 2. The van der Waals surface area contributed by atoms with Crippen molar-refractivity contribution in [3.8, 4) is 11.5 Å². The number of hydrogen-bond donors (Lipinski definition) is 2. The summed E-state index contributed by atoms with van der Waals surface area (Å²) in [6.07, 6.45) is -7.21. The van der Waals surface area contributed by atoms with E-state index in [-0.39, 0.29) is 28.9 Å². The number of carboxylic acid groups (broad SMARTS) is 1. The highest BCUT2D eigenvalue weighted by molar-refractivity contribution is 6.05. The van der Waals surface area contributed by atoms with Gasteiger partial charge in [-0.3, -0.25) is 4.79 Å². The first-order valence-electron chi connectivity index (χ1n) is 11.6. The Morgan fingerprint density at radius 1 is 1.00 bits per heavy atom. The first kappa shape index (κ1) is 28.7. The molecule has 2 N–H and O–H groups in total. The maximum atomic E-state index is 13.4. The third kappa shape index (κ3) is 6.90. The minimum atomic E-state index is -4.86. The third-order valence-corrected chi connectivity index (χ3v) is 6.25. The molecule has 0 bridgehead atoms. The molecule has 1 amide bonds. The first-order valence-corrected chi connectivity index (χ1v) is 11.6. The zero-order valence-corrected chi connectivity index (χ0v) is 20.7. The van der Waals surface area contributed by atoms with Crippen molar-refractivity contribution in [2.24, 2.45) is 5.41 Å². The van der Waals surface area contributed by atoms with E-state index in [9.17, 15) is 36.6 Å². The number of carbonyl (C=O) groups excluding carboxylic acids is 1. The Bertz CT molecular complexity index is 1310. The van der Waals surface area contributed by atoms with Gasteiger partial charge in [0.1, 0.15) is 24.1 Å². The second-order valence-corrected chi connectivity index (χ2v) is 9.29. The number of carboxylic acids is 1. The standard InChI is InChI=1S/C27H26F5NO5/c1-4-26(2,3)22(25(35)36)33-24(34)19-12-9-16-7-8-17(23(28)29)13-20(16)21(19)37-14-15-5-10-18(11-6-15)38-27(30,31)32/h5-13,22-23H,4,14H2,1-3H3,(H,33,34)(H,35,36)/t22-/m1/s1. The molecule has 1 atom stereocenters. The number of fused-ring (bicyclic) bond motifs is 1. The quantitative estimate of drug-likeness (QED) is 0.275. The van der Waals surface area contributed by atoms with E-state index in [1.54, 1.807) is 20.8 Å². The summed E-state index contributed by atoms with van der Waals surface area (Å²) in [6.45, 7) is 4.92. The number of carbonyl (C=O) groups is 2. The lowest BCUT2D eigenvalue weighted by molar-refractivity contribution is -0.274. The topological polar surface area (TPSA) is 84.9 Å². The molecule has 38 heavy (non-hydrogen) atoms. The van der Waals surface area contributed by atoms with E-state index >= 15 is 0 Å². The van der Waals surface area contributed by atoms with Crippen LogP contribution in [-0.2, 0) is 11.4 Å². The van der Waals surface area contributed by atoms with Crippen molar-refractivity contribution < 1.29 is 46.1 Å². The maximum Gasteiger partial charge on any atom is 0.573 e. The molecule has 6 nitrogen and oxygen atoms in total. The van der Waals surface area contributed by atoms with Crippen molar-refractivity contribution >= 4 is 22.6 Å². The van der Waals surface area contributed by atoms with Gasteiger partial charge in [0, 0.05) is 10.9 Å². The van der Waals surface area contributed by atoms with Crippen LogP contribution in [-0.4, -0.2) is 29.4 Å². The number of rotatable bonds is 10. The highest BCUT2D eigenvalue weighted by Crippen LogP contribution is 2.35. The van der Waals surface area contributed by atoms with E-state index in [0.29, 0.717) is 17.4 Å². The fourth-order valence-electron chi connectivity index (χ4n) is 3.73. The number of hydrogen-bond acceptors (Lipinski definition) is 4. The number of benzene rings is 3. The second kappa shape index (κ2) is 11.2. The van der Waals surface area contributed by atoms with Crippen LogP contribution in [0, 0.1) is 5.41 Å². The average Bonchev–Trinajstić information content (AvgIpc) is 2.84. The Morgan fingerprint density at radius 2 is 1.63 bits per heavy atom. The van der Waals surface area contributed by atoms with Crippen LogP contribution in [0.1, 0.15) is 55.1 Å². The molecule has 0 aliphatic heterocycles. The summed E-state index contributed by atoms with van der Waals surface area (Å²) in [4.78, 5) is 25.2. The van der Waals surface area contributed by atoms with Gasteiger partial charge >= 0.3 is 12.3 Å². The van der Waals surface area contributed by atoms with Crippen LogP contribution in [0.25, 0.3) is 10.8 Å². The van der Waals surface area contributed by atoms with Gasteiger partial charge in [-0.05, 0) is 47.1 Å². The molecule has 0 unspecified atom stereocenters. The van der Waals surface area contributed by atoms with E-state index < -0.39 is 41.9 Å². The van der Waals surface area contributed by atoms with E-state index in [1.165, 1.54) is 42.5 Å². The predicted molar refractivity (Wildman–Crippen MR) is 129 cm³/mol. The summed E-state index contributed by atoms with van der Waals surface area (Å²) in [5, 5.41) is 12.9. The number of halogens is 5. The van der Waals surface area contributed by atoms with Gasteiger partial charge in [-0.15, -0.1) is 13.2 Å². The van der Waals surface area contributed by atoms with E-state index in [1.807, 2.05) is 0 Å². The van der Waals surface area contributed by atoms with Gasteiger partial charge in [0.25, 0.3) is 12.3 Å². The molecule has 0 aliphatic carbocycles. The summed E-state index contributed by atoms with van der Waals surface area (Å²) in [7, 11) is 0. The summed E-state index contributed by atoms with van der Waals surface area (Å²) < 4.78 is 73.9. The molecule has 0 radical (unpaired) electrons. The van der Waals surface area contributed by atoms with Crippen molar-refractivity contribution in [1.29, 1.82) is 0 Å². The predicted octanol–water partition coefficient (Wildman–Crippen LogP) is 6.87. The Kier molecular flexibility index (Phi) is 8.48. The molecule has 0 saturated heterocycles. The highest BCUT2D eigenvalue weighted by Gasteiger charge is 2.36. The number of alkyl halides is 5. The Labute approximate surface area is 215 Å². The molecule has 0 spiro atoms. The first-order chi connectivity index (χ1) is 17.7. The molecule has 3 rings (SSSR count). The fraction of sp³-hybridized carbons (Fsp3) is 0.333. The maximum absolute atomic E-state index is 13.4. The van der Waals surface area contributed by atoms with E-state index in [2.05, 4.69) is 10.1 Å². The molecule has 0 heterocycles. The second-order valence-electron chi connectivity index (χ2n) is 9.29. The minimum absolute atomic E-state index is 0.0726.